The van der Waals surface area contributed by atoms with E-state index in [1.165, 1.54) is 15.3 Å². The number of nitrogens with zero attached hydrogens (tertiary/aromatic N) is 1. The van der Waals surface area contributed by atoms with Crippen LogP contribution in [0.5, 0.6) is 0 Å². The van der Waals surface area contributed by atoms with Gasteiger partial charge < -0.3 is 14.6 Å². The van der Waals surface area contributed by atoms with Crippen LogP contribution in [0, 0.1) is 17.8 Å². The first-order valence-electron chi connectivity index (χ1n) is 20.2. The Hall–Kier alpha value is -3.63. The quantitative estimate of drug-likeness (QED) is 0.171. The fourth-order valence-corrected chi connectivity index (χ4v) is 15.2. The second kappa shape index (κ2) is 16.9. The van der Waals surface area contributed by atoms with Crippen LogP contribution in [0.15, 0.2) is 97.1 Å². The first-order chi connectivity index (χ1) is 27.2. The molecule has 302 valence electrons. The van der Waals surface area contributed by atoms with Gasteiger partial charge in [0, 0.05) is 53.2 Å². The van der Waals surface area contributed by atoms with E-state index in [2.05, 4.69) is 86.8 Å². The van der Waals surface area contributed by atoms with Gasteiger partial charge in [0.2, 0.25) is 5.91 Å². The molecule has 3 fully saturated rings. The molecule has 2 saturated heterocycles. The molecule has 57 heavy (non-hydrogen) atoms. The number of piperidine rings is 1. The monoisotopic (exact) mass is 834 g/mol. The number of likely N-dealkylation sites (tertiary alicyclic amines) is 1. The lowest BCUT2D eigenvalue weighted by Crippen LogP contribution is -2.67. The van der Waals surface area contributed by atoms with E-state index < -0.39 is 20.4 Å². The lowest BCUT2D eigenvalue weighted by Gasteiger charge is -2.47. The van der Waals surface area contributed by atoms with Crippen LogP contribution in [0.1, 0.15) is 87.6 Å². The SMILES string of the molecule is CC(C)(C)[Si](OC1CCC(C(c2c(Cl)cc(-c3ccc(C(=O)N4CCC(C(F)(F)F)CC4)cc3)cc2Cl)C2CCNC2=O)CC1)(c1ccccc1)c1ccccc1. The zero-order valence-corrected chi connectivity index (χ0v) is 35.3. The van der Waals surface area contributed by atoms with Crippen LogP contribution in [0.3, 0.4) is 0 Å². The van der Waals surface area contributed by atoms with Gasteiger partial charge in [-0.25, -0.2) is 0 Å². The summed E-state index contributed by atoms with van der Waals surface area (Å²) >= 11 is 14.4. The topological polar surface area (TPSA) is 58.6 Å². The van der Waals surface area contributed by atoms with Crippen LogP contribution in [0.4, 0.5) is 13.2 Å². The molecule has 5 nitrogen and oxygen atoms in total. The van der Waals surface area contributed by atoms with Gasteiger partial charge in [0.05, 0.1) is 5.92 Å². The number of rotatable bonds is 9. The number of benzene rings is 4. The third-order valence-electron chi connectivity index (χ3n) is 12.6. The Morgan fingerprint density at radius 3 is 1.79 bits per heavy atom. The van der Waals surface area contributed by atoms with Gasteiger partial charge in [0.15, 0.2) is 0 Å². The lowest BCUT2D eigenvalue weighted by molar-refractivity contribution is -0.183. The van der Waals surface area contributed by atoms with Crippen molar-refractivity contribution >= 4 is 53.7 Å². The highest BCUT2D eigenvalue weighted by molar-refractivity contribution is 6.99. The molecule has 3 aliphatic rings. The highest BCUT2D eigenvalue weighted by Crippen LogP contribution is 2.50. The van der Waals surface area contributed by atoms with Crippen LogP contribution in [0.2, 0.25) is 15.1 Å². The Balaban J connectivity index is 1.10. The van der Waals surface area contributed by atoms with Gasteiger partial charge in [0.25, 0.3) is 14.2 Å². The standard InChI is InChI=1S/C46H51Cl2F3N2O3Si/c1-45(2,3)57(36-10-6-4-7-11-36,37-12-8-5-9-13-37)56-35-20-18-31(19-21-35)41(38-22-25-52-43(38)54)42-39(47)28-33(29-40(42)48)30-14-16-32(17-15-30)44(55)53-26-23-34(24-27-53)46(49,50)51/h4-17,28-29,31,34-35,38,41H,18-27H2,1-3H3,(H,52,54). The number of carbonyl (C=O) groups excluding carboxylic acids is 2. The molecule has 11 heteroatoms. The zero-order valence-electron chi connectivity index (χ0n) is 32.8. The molecule has 0 bridgehead atoms. The summed E-state index contributed by atoms with van der Waals surface area (Å²) in [4.78, 5) is 28.0. The van der Waals surface area contributed by atoms with Crippen LogP contribution < -0.4 is 15.7 Å². The highest BCUT2D eigenvalue weighted by atomic mass is 35.5. The minimum absolute atomic E-state index is 0.0322. The summed E-state index contributed by atoms with van der Waals surface area (Å²) < 4.78 is 47.0. The van der Waals surface area contributed by atoms with E-state index in [4.69, 9.17) is 27.6 Å². The number of nitrogens with one attached hydrogen (secondary N) is 1. The molecule has 1 N–H and O–H groups in total. The maximum atomic E-state index is 13.4. The first-order valence-corrected chi connectivity index (χ1v) is 22.9. The van der Waals surface area contributed by atoms with E-state index in [-0.39, 0.29) is 66.6 Å². The second-order valence-corrected chi connectivity index (χ2v) is 22.1. The smallest absolute Gasteiger partial charge is 0.391 e. The van der Waals surface area contributed by atoms with Crippen LogP contribution in [-0.4, -0.2) is 56.9 Å². The molecule has 2 atom stereocenters. The van der Waals surface area contributed by atoms with Gasteiger partial charge in [-0.3, -0.25) is 9.59 Å². The van der Waals surface area contributed by atoms with Gasteiger partial charge in [-0.2, -0.15) is 13.2 Å². The molecule has 1 aliphatic carbocycles. The minimum atomic E-state index is -4.24. The van der Waals surface area contributed by atoms with Crippen LogP contribution >= 0.6 is 23.2 Å². The van der Waals surface area contributed by atoms with E-state index >= 15 is 0 Å². The molecule has 7 rings (SSSR count). The summed E-state index contributed by atoms with van der Waals surface area (Å²) in [7, 11) is -2.74. The first kappa shape index (κ1) is 41.5. The average Bonchev–Trinajstić information content (AvgIpc) is 3.63. The molecule has 0 aromatic heterocycles. The Morgan fingerprint density at radius 2 is 1.32 bits per heavy atom. The van der Waals surface area contributed by atoms with Crippen molar-refractivity contribution in [3.63, 3.8) is 0 Å². The second-order valence-electron chi connectivity index (χ2n) is 17.1. The number of alkyl halides is 3. The van der Waals surface area contributed by atoms with Crippen molar-refractivity contribution in [1.82, 2.24) is 10.2 Å². The van der Waals surface area contributed by atoms with E-state index in [9.17, 15) is 22.8 Å². The number of hydrogen-bond acceptors (Lipinski definition) is 3. The lowest BCUT2D eigenvalue weighted by atomic mass is 9.69. The molecular formula is C46H51Cl2F3N2O3Si. The third-order valence-corrected chi connectivity index (χ3v) is 18.4. The number of hydrogen-bond donors (Lipinski definition) is 1. The maximum Gasteiger partial charge on any atom is 0.391 e. The highest BCUT2D eigenvalue weighted by Gasteiger charge is 2.52. The Labute approximate surface area is 345 Å². The average molecular weight is 836 g/mol. The number of carbonyl (C=O) groups is 2. The molecular weight excluding hydrogens is 785 g/mol. The summed E-state index contributed by atoms with van der Waals surface area (Å²) in [6.45, 7) is 7.67. The molecule has 0 radical (unpaired) electrons. The minimum Gasteiger partial charge on any atom is -0.404 e. The largest absolute Gasteiger partial charge is 0.404 e. The molecule has 2 aliphatic heterocycles. The van der Waals surface area contributed by atoms with Crippen molar-refractivity contribution in [2.45, 2.75) is 89.0 Å². The Morgan fingerprint density at radius 1 is 0.772 bits per heavy atom. The molecule has 4 aromatic rings. The summed E-state index contributed by atoms with van der Waals surface area (Å²) in [6.07, 6.45) is -0.184. The third kappa shape index (κ3) is 8.59. The Bertz CT molecular complexity index is 1960. The molecule has 0 spiro atoms. The van der Waals surface area contributed by atoms with Crippen molar-refractivity contribution in [2.24, 2.45) is 17.8 Å². The molecule has 2 amide bonds. The predicted octanol–water partition coefficient (Wildman–Crippen LogP) is 10.4. The van der Waals surface area contributed by atoms with E-state index in [1.54, 1.807) is 12.1 Å². The zero-order chi connectivity index (χ0) is 40.5. The van der Waals surface area contributed by atoms with Crippen LogP contribution in [-0.2, 0) is 9.22 Å². The summed E-state index contributed by atoms with van der Waals surface area (Å²) in [5.41, 5.74) is 2.79. The normalized spacial score (nSPS) is 21.6. The molecule has 2 unspecified atom stereocenters. The van der Waals surface area contributed by atoms with Gasteiger partial charge in [-0.15, -0.1) is 0 Å². The van der Waals surface area contributed by atoms with E-state index in [0.717, 1.165) is 42.4 Å². The fourth-order valence-electron chi connectivity index (χ4n) is 9.70. The summed E-state index contributed by atoms with van der Waals surface area (Å²) in [6, 6.07) is 32.2. The van der Waals surface area contributed by atoms with Crippen molar-refractivity contribution in [3.05, 3.63) is 118 Å². The number of halogens is 5. The Kier molecular flexibility index (Phi) is 12.3. The van der Waals surface area contributed by atoms with Crippen molar-refractivity contribution in [2.75, 3.05) is 19.6 Å². The predicted molar refractivity (Wildman–Crippen MR) is 225 cm³/mol. The summed E-state index contributed by atoms with van der Waals surface area (Å²) in [5.74, 6) is -1.87. The van der Waals surface area contributed by atoms with Crippen molar-refractivity contribution in [3.8, 4) is 11.1 Å². The molecule has 4 aromatic carbocycles. The van der Waals surface area contributed by atoms with E-state index in [0.29, 0.717) is 28.6 Å². The van der Waals surface area contributed by atoms with Crippen molar-refractivity contribution in [1.29, 1.82) is 0 Å². The number of amides is 2. The van der Waals surface area contributed by atoms with Gasteiger partial charge in [-0.05, 0) is 107 Å². The van der Waals surface area contributed by atoms with Gasteiger partial charge in [0.1, 0.15) is 0 Å². The fraction of sp³-hybridized carbons (Fsp3) is 0.435. The maximum absolute atomic E-state index is 13.4. The van der Waals surface area contributed by atoms with Gasteiger partial charge >= 0.3 is 6.18 Å². The molecule has 2 heterocycles. The summed E-state index contributed by atoms with van der Waals surface area (Å²) in [5, 5.41) is 6.44. The van der Waals surface area contributed by atoms with E-state index in [1.807, 2.05) is 24.3 Å². The van der Waals surface area contributed by atoms with Crippen molar-refractivity contribution < 1.29 is 27.2 Å². The van der Waals surface area contributed by atoms with Gasteiger partial charge in [-0.1, -0.05) is 117 Å². The van der Waals surface area contributed by atoms with Crippen LogP contribution in [0.25, 0.3) is 11.1 Å². The molecule has 1 saturated carbocycles.